The second kappa shape index (κ2) is 12.0. The summed E-state index contributed by atoms with van der Waals surface area (Å²) in [7, 11) is 1.95. The normalized spacial score (nSPS) is 18.1. The molecule has 0 radical (unpaired) electrons. The Morgan fingerprint density at radius 1 is 1.05 bits per heavy atom. The second-order valence-corrected chi connectivity index (χ2v) is 6.65. The Morgan fingerprint density at radius 2 is 1.67 bits per heavy atom. The van der Waals surface area contributed by atoms with Gasteiger partial charge in [0, 0.05) is 26.1 Å². The van der Waals surface area contributed by atoms with E-state index in [0.29, 0.717) is 11.9 Å². The predicted molar refractivity (Wildman–Crippen MR) is 90.5 cm³/mol. The van der Waals surface area contributed by atoms with Crippen LogP contribution in [-0.4, -0.2) is 37.0 Å². The molecular formula is C18H36N2O. The molecule has 1 unspecified atom stereocenters. The summed E-state index contributed by atoms with van der Waals surface area (Å²) in [5, 5.41) is 3.45. The molecule has 3 nitrogen and oxygen atoms in total. The number of hydrogen-bond acceptors (Lipinski definition) is 2. The fourth-order valence-corrected chi connectivity index (χ4v) is 3.12. The van der Waals surface area contributed by atoms with Gasteiger partial charge in [-0.2, -0.15) is 0 Å². The highest BCUT2D eigenvalue weighted by Crippen LogP contribution is 2.12. The van der Waals surface area contributed by atoms with Crippen molar-refractivity contribution in [1.29, 1.82) is 0 Å². The van der Waals surface area contributed by atoms with E-state index >= 15 is 0 Å². The van der Waals surface area contributed by atoms with Crippen molar-refractivity contribution < 1.29 is 4.79 Å². The molecule has 1 heterocycles. The number of hydrogen-bond donors (Lipinski definition) is 1. The third kappa shape index (κ3) is 9.13. The number of rotatable bonds is 12. The first-order valence-electron chi connectivity index (χ1n) is 9.21. The van der Waals surface area contributed by atoms with Crippen LogP contribution >= 0.6 is 0 Å². The number of likely N-dealkylation sites (N-methyl/N-ethyl adjacent to an activating group) is 1. The van der Waals surface area contributed by atoms with Crippen molar-refractivity contribution in [3.63, 3.8) is 0 Å². The molecule has 1 rings (SSSR count). The number of amides is 1. The number of carbonyl (C=O) groups excluding carboxylic acids is 1. The van der Waals surface area contributed by atoms with Crippen LogP contribution in [0.1, 0.15) is 84.0 Å². The highest BCUT2D eigenvalue weighted by atomic mass is 16.2. The second-order valence-electron chi connectivity index (χ2n) is 6.65. The predicted octanol–water partition coefficient (Wildman–Crippen LogP) is 4.12. The van der Waals surface area contributed by atoms with Crippen LogP contribution in [0.25, 0.3) is 0 Å². The van der Waals surface area contributed by atoms with Gasteiger partial charge >= 0.3 is 0 Å². The Labute approximate surface area is 131 Å². The topological polar surface area (TPSA) is 32.3 Å². The van der Waals surface area contributed by atoms with Crippen molar-refractivity contribution in [2.24, 2.45) is 0 Å². The minimum absolute atomic E-state index is 0.326. The van der Waals surface area contributed by atoms with Crippen LogP contribution in [0, 0.1) is 0 Å². The van der Waals surface area contributed by atoms with Crippen LogP contribution in [-0.2, 0) is 4.79 Å². The van der Waals surface area contributed by atoms with E-state index in [0.717, 1.165) is 25.9 Å². The lowest BCUT2D eigenvalue weighted by molar-refractivity contribution is -0.130. The van der Waals surface area contributed by atoms with Crippen molar-refractivity contribution in [3.8, 4) is 0 Å². The van der Waals surface area contributed by atoms with Crippen molar-refractivity contribution in [2.75, 3.05) is 20.1 Å². The molecule has 124 valence electrons. The van der Waals surface area contributed by atoms with E-state index in [4.69, 9.17) is 0 Å². The van der Waals surface area contributed by atoms with Gasteiger partial charge in [0.15, 0.2) is 0 Å². The molecule has 1 amide bonds. The Kier molecular flexibility index (Phi) is 10.6. The van der Waals surface area contributed by atoms with Gasteiger partial charge in [0.25, 0.3) is 0 Å². The molecule has 21 heavy (non-hydrogen) atoms. The molecule has 1 atom stereocenters. The fourth-order valence-electron chi connectivity index (χ4n) is 3.12. The Balaban J connectivity index is 1.90. The SMILES string of the molecule is CCCCCCCCCCCC(=O)N(C)CC1CCCN1. The molecule has 1 aliphatic heterocycles. The van der Waals surface area contributed by atoms with Crippen molar-refractivity contribution in [1.82, 2.24) is 10.2 Å². The van der Waals surface area contributed by atoms with Crippen molar-refractivity contribution >= 4 is 5.91 Å². The Bertz CT molecular complexity index is 262. The first-order chi connectivity index (χ1) is 10.2. The summed E-state index contributed by atoms with van der Waals surface area (Å²) in [6.07, 6.45) is 15.0. The molecule has 0 aromatic rings. The van der Waals surface area contributed by atoms with Crippen LogP contribution in [0.5, 0.6) is 0 Å². The van der Waals surface area contributed by atoms with Crippen molar-refractivity contribution in [3.05, 3.63) is 0 Å². The molecule has 0 aromatic carbocycles. The number of unbranched alkanes of at least 4 members (excludes halogenated alkanes) is 8. The van der Waals surface area contributed by atoms with Crippen LogP contribution in [0.15, 0.2) is 0 Å². The number of carbonyl (C=O) groups is 1. The molecule has 1 fully saturated rings. The van der Waals surface area contributed by atoms with E-state index in [9.17, 15) is 4.79 Å². The quantitative estimate of drug-likeness (QED) is 0.549. The van der Waals surface area contributed by atoms with E-state index < -0.39 is 0 Å². The summed E-state index contributed by atoms with van der Waals surface area (Å²) in [4.78, 5) is 14.0. The van der Waals surface area contributed by atoms with E-state index in [1.165, 1.54) is 64.2 Å². The number of nitrogens with zero attached hydrogens (tertiary/aromatic N) is 1. The van der Waals surface area contributed by atoms with Gasteiger partial charge in [0.05, 0.1) is 0 Å². The third-order valence-electron chi connectivity index (χ3n) is 4.58. The zero-order valence-corrected chi connectivity index (χ0v) is 14.3. The third-order valence-corrected chi connectivity index (χ3v) is 4.58. The minimum Gasteiger partial charge on any atom is -0.344 e. The zero-order valence-electron chi connectivity index (χ0n) is 14.3. The molecular weight excluding hydrogens is 260 g/mol. The highest BCUT2D eigenvalue weighted by Gasteiger charge is 2.18. The van der Waals surface area contributed by atoms with E-state index in [1.807, 2.05) is 11.9 Å². The fraction of sp³-hybridized carbons (Fsp3) is 0.944. The van der Waals surface area contributed by atoms with Crippen LogP contribution < -0.4 is 5.32 Å². The number of nitrogens with one attached hydrogen (secondary N) is 1. The Morgan fingerprint density at radius 3 is 2.24 bits per heavy atom. The lowest BCUT2D eigenvalue weighted by Gasteiger charge is -2.21. The van der Waals surface area contributed by atoms with Gasteiger partial charge < -0.3 is 10.2 Å². The molecule has 1 N–H and O–H groups in total. The van der Waals surface area contributed by atoms with Crippen molar-refractivity contribution in [2.45, 2.75) is 90.0 Å². The molecule has 0 aliphatic carbocycles. The van der Waals surface area contributed by atoms with E-state index in [2.05, 4.69) is 12.2 Å². The largest absolute Gasteiger partial charge is 0.344 e. The van der Waals surface area contributed by atoms with Crippen LogP contribution in [0.4, 0.5) is 0 Å². The average molecular weight is 296 g/mol. The van der Waals surface area contributed by atoms with Gasteiger partial charge in [0.2, 0.25) is 5.91 Å². The average Bonchev–Trinajstić information content (AvgIpc) is 2.98. The summed E-state index contributed by atoms with van der Waals surface area (Å²) < 4.78 is 0. The first kappa shape index (κ1) is 18.5. The maximum Gasteiger partial charge on any atom is 0.222 e. The molecule has 1 aliphatic rings. The minimum atomic E-state index is 0.326. The van der Waals surface area contributed by atoms with Gasteiger partial charge in [0.1, 0.15) is 0 Å². The maximum atomic E-state index is 12.0. The highest BCUT2D eigenvalue weighted by molar-refractivity contribution is 5.75. The lowest BCUT2D eigenvalue weighted by atomic mass is 10.1. The van der Waals surface area contributed by atoms with Gasteiger partial charge in [-0.25, -0.2) is 0 Å². The standard InChI is InChI=1S/C18H36N2O/c1-3-4-5-6-7-8-9-10-11-14-18(21)20(2)16-17-13-12-15-19-17/h17,19H,3-16H2,1-2H3. The summed E-state index contributed by atoms with van der Waals surface area (Å²) in [5.74, 6) is 0.326. The maximum absolute atomic E-state index is 12.0. The monoisotopic (exact) mass is 296 g/mol. The zero-order chi connectivity index (χ0) is 15.3. The summed E-state index contributed by atoms with van der Waals surface area (Å²) in [6.45, 7) is 4.26. The van der Waals surface area contributed by atoms with E-state index in [-0.39, 0.29) is 0 Å². The summed E-state index contributed by atoms with van der Waals surface area (Å²) >= 11 is 0. The van der Waals surface area contributed by atoms with Gasteiger partial charge in [-0.3, -0.25) is 4.79 Å². The summed E-state index contributed by atoms with van der Waals surface area (Å²) in [6, 6.07) is 0.530. The summed E-state index contributed by atoms with van der Waals surface area (Å²) in [5.41, 5.74) is 0. The molecule has 0 bridgehead atoms. The van der Waals surface area contributed by atoms with Gasteiger partial charge in [-0.05, 0) is 25.8 Å². The molecule has 0 aromatic heterocycles. The lowest BCUT2D eigenvalue weighted by Crippen LogP contribution is -2.38. The molecule has 1 saturated heterocycles. The van der Waals surface area contributed by atoms with E-state index in [1.54, 1.807) is 0 Å². The van der Waals surface area contributed by atoms with Gasteiger partial charge in [-0.15, -0.1) is 0 Å². The molecule has 0 spiro atoms. The van der Waals surface area contributed by atoms with Crippen LogP contribution in [0.2, 0.25) is 0 Å². The first-order valence-corrected chi connectivity index (χ1v) is 9.21. The molecule has 0 saturated carbocycles. The smallest absolute Gasteiger partial charge is 0.222 e. The Hall–Kier alpha value is -0.570. The van der Waals surface area contributed by atoms with Crippen LogP contribution in [0.3, 0.4) is 0 Å². The van der Waals surface area contributed by atoms with Gasteiger partial charge in [-0.1, -0.05) is 58.3 Å². The molecule has 3 heteroatoms.